The van der Waals surface area contributed by atoms with Gasteiger partial charge in [0.05, 0.1) is 22.9 Å². The molecule has 78 valence electrons. The van der Waals surface area contributed by atoms with Crippen molar-refractivity contribution < 1.29 is 0 Å². The first-order valence-corrected chi connectivity index (χ1v) is 4.85. The fourth-order valence-electron chi connectivity index (χ4n) is 1.58. The lowest BCUT2D eigenvalue weighted by Gasteiger charge is -1.98. The van der Waals surface area contributed by atoms with E-state index in [4.69, 9.17) is 5.73 Å². The predicted octanol–water partition coefficient (Wildman–Crippen LogP) is 1.60. The SMILES string of the molecule is Nc1cccnc1-c1nc2ccncc2[nH]1. The highest BCUT2D eigenvalue weighted by atomic mass is 15.0. The fourth-order valence-corrected chi connectivity index (χ4v) is 1.58. The van der Waals surface area contributed by atoms with Crippen LogP contribution in [0.25, 0.3) is 22.6 Å². The number of pyridine rings is 2. The molecule has 3 aromatic heterocycles. The number of rotatable bonds is 1. The molecule has 0 radical (unpaired) electrons. The Morgan fingerprint density at radius 2 is 2.12 bits per heavy atom. The molecule has 3 rings (SSSR count). The van der Waals surface area contributed by atoms with Crippen LogP contribution in [0.5, 0.6) is 0 Å². The molecule has 3 heterocycles. The van der Waals surface area contributed by atoms with Gasteiger partial charge in [0.1, 0.15) is 5.69 Å². The lowest BCUT2D eigenvalue weighted by Crippen LogP contribution is -1.93. The van der Waals surface area contributed by atoms with E-state index in [-0.39, 0.29) is 0 Å². The minimum absolute atomic E-state index is 0.606. The van der Waals surface area contributed by atoms with Crippen molar-refractivity contribution in [3.63, 3.8) is 0 Å². The molecule has 0 bridgehead atoms. The maximum Gasteiger partial charge on any atom is 0.159 e. The van der Waals surface area contributed by atoms with E-state index < -0.39 is 0 Å². The second-order valence-corrected chi connectivity index (χ2v) is 3.42. The van der Waals surface area contributed by atoms with Crippen LogP contribution in [0.2, 0.25) is 0 Å². The highest BCUT2D eigenvalue weighted by molar-refractivity contribution is 5.80. The number of aromatic nitrogens is 4. The van der Waals surface area contributed by atoms with E-state index in [0.717, 1.165) is 11.0 Å². The van der Waals surface area contributed by atoms with E-state index in [1.54, 1.807) is 30.7 Å². The van der Waals surface area contributed by atoms with Crippen LogP contribution in [0.3, 0.4) is 0 Å². The van der Waals surface area contributed by atoms with Crippen molar-refractivity contribution in [2.45, 2.75) is 0 Å². The summed E-state index contributed by atoms with van der Waals surface area (Å²) in [6.45, 7) is 0. The number of fused-ring (bicyclic) bond motifs is 1. The first-order chi connectivity index (χ1) is 7.84. The first kappa shape index (κ1) is 8.84. The second kappa shape index (κ2) is 3.30. The average Bonchev–Trinajstić information content (AvgIpc) is 2.73. The number of nitrogens with zero attached hydrogens (tertiary/aromatic N) is 3. The third kappa shape index (κ3) is 1.30. The third-order valence-corrected chi connectivity index (χ3v) is 2.35. The van der Waals surface area contributed by atoms with Crippen molar-refractivity contribution >= 4 is 16.7 Å². The average molecular weight is 211 g/mol. The third-order valence-electron chi connectivity index (χ3n) is 2.35. The van der Waals surface area contributed by atoms with Crippen molar-refractivity contribution in [1.29, 1.82) is 0 Å². The van der Waals surface area contributed by atoms with Crippen molar-refractivity contribution in [2.75, 3.05) is 5.73 Å². The van der Waals surface area contributed by atoms with Crippen LogP contribution in [0.4, 0.5) is 5.69 Å². The molecule has 0 unspecified atom stereocenters. The topological polar surface area (TPSA) is 80.5 Å². The second-order valence-electron chi connectivity index (χ2n) is 3.42. The fraction of sp³-hybridized carbons (Fsp3) is 0. The molecule has 0 fully saturated rings. The number of aromatic amines is 1. The van der Waals surface area contributed by atoms with Crippen LogP contribution < -0.4 is 5.73 Å². The maximum absolute atomic E-state index is 5.84. The molecule has 5 heteroatoms. The Morgan fingerprint density at radius 3 is 2.94 bits per heavy atom. The predicted molar refractivity (Wildman–Crippen MR) is 61.5 cm³/mol. The monoisotopic (exact) mass is 211 g/mol. The zero-order valence-electron chi connectivity index (χ0n) is 8.38. The van der Waals surface area contributed by atoms with Crippen molar-refractivity contribution in [2.24, 2.45) is 0 Å². The Kier molecular flexibility index (Phi) is 1.83. The van der Waals surface area contributed by atoms with Gasteiger partial charge in [-0.25, -0.2) is 4.98 Å². The van der Waals surface area contributed by atoms with E-state index in [0.29, 0.717) is 17.2 Å². The van der Waals surface area contributed by atoms with Crippen molar-refractivity contribution in [3.05, 3.63) is 36.8 Å². The first-order valence-electron chi connectivity index (χ1n) is 4.85. The summed E-state index contributed by atoms with van der Waals surface area (Å²) >= 11 is 0. The number of H-pyrrole nitrogens is 1. The number of nitrogens with two attached hydrogens (primary N) is 1. The zero-order valence-corrected chi connectivity index (χ0v) is 8.38. The van der Waals surface area contributed by atoms with Crippen LogP contribution >= 0.6 is 0 Å². The van der Waals surface area contributed by atoms with Crippen LogP contribution in [-0.4, -0.2) is 19.9 Å². The molecule has 0 saturated heterocycles. The van der Waals surface area contributed by atoms with Gasteiger partial charge in [0, 0.05) is 12.4 Å². The molecule has 0 amide bonds. The summed E-state index contributed by atoms with van der Waals surface area (Å²) in [6, 6.07) is 5.44. The number of anilines is 1. The van der Waals surface area contributed by atoms with Crippen LogP contribution in [0.15, 0.2) is 36.8 Å². The molecule has 3 aromatic rings. The Morgan fingerprint density at radius 1 is 1.19 bits per heavy atom. The Labute approximate surface area is 91.4 Å². The van der Waals surface area contributed by atoms with Crippen LogP contribution in [0.1, 0.15) is 0 Å². The van der Waals surface area contributed by atoms with E-state index in [1.165, 1.54) is 0 Å². The van der Waals surface area contributed by atoms with E-state index in [9.17, 15) is 0 Å². The number of nitrogens with one attached hydrogen (secondary N) is 1. The molecular formula is C11H9N5. The smallest absolute Gasteiger partial charge is 0.159 e. The van der Waals surface area contributed by atoms with Crippen molar-refractivity contribution in [1.82, 2.24) is 19.9 Å². The molecule has 0 aliphatic carbocycles. The quantitative estimate of drug-likeness (QED) is 0.640. The number of nitrogen functional groups attached to an aromatic ring is 1. The molecule has 0 saturated carbocycles. The largest absolute Gasteiger partial charge is 0.397 e. The number of hydrogen-bond donors (Lipinski definition) is 2. The zero-order chi connectivity index (χ0) is 11.0. The van der Waals surface area contributed by atoms with E-state index in [1.807, 2.05) is 6.07 Å². The van der Waals surface area contributed by atoms with Crippen LogP contribution in [-0.2, 0) is 0 Å². The van der Waals surface area contributed by atoms with Gasteiger partial charge in [0.15, 0.2) is 5.82 Å². The highest BCUT2D eigenvalue weighted by Crippen LogP contribution is 2.22. The van der Waals surface area contributed by atoms with Gasteiger partial charge in [-0.3, -0.25) is 9.97 Å². The summed E-state index contributed by atoms with van der Waals surface area (Å²) in [5, 5.41) is 0. The minimum atomic E-state index is 0.606. The number of imidazole rings is 1. The van der Waals surface area contributed by atoms with Gasteiger partial charge in [0.25, 0.3) is 0 Å². The summed E-state index contributed by atoms with van der Waals surface area (Å²) in [4.78, 5) is 15.8. The lowest BCUT2D eigenvalue weighted by molar-refractivity contribution is 1.24. The molecule has 0 aliphatic heterocycles. The maximum atomic E-state index is 5.84. The molecule has 3 N–H and O–H groups in total. The molecule has 0 spiro atoms. The van der Waals surface area contributed by atoms with Gasteiger partial charge in [-0.2, -0.15) is 0 Å². The number of hydrogen-bond acceptors (Lipinski definition) is 4. The van der Waals surface area contributed by atoms with Crippen molar-refractivity contribution in [3.8, 4) is 11.5 Å². The molecule has 0 atom stereocenters. The minimum Gasteiger partial charge on any atom is -0.397 e. The van der Waals surface area contributed by atoms with Gasteiger partial charge in [0.2, 0.25) is 0 Å². The van der Waals surface area contributed by atoms with Gasteiger partial charge in [-0.15, -0.1) is 0 Å². The lowest BCUT2D eigenvalue weighted by atomic mass is 10.3. The molecule has 16 heavy (non-hydrogen) atoms. The van der Waals surface area contributed by atoms with E-state index >= 15 is 0 Å². The van der Waals surface area contributed by atoms with Gasteiger partial charge >= 0.3 is 0 Å². The summed E-state index contributed by atoms with van der Waals surface area (Å²) in [7, 11) is 0. The molecule has 0 aromatic carbocycles. The standard InChI is InChI=1S/C11H9N5/c12-7-2-1-4-14-10(7)11-15-8-3-5-13-6-9(8)16-11/h1-6H,12H2,(H,15,16). The van der Waals surface area contributed by atoms with Gasteiger partial charge in [-0.05, 0) is 18.2 Å². The van der Waals surface area contributed by atoms with Gasteiger partial charge < -0.3 is 10.7 Å². The van der Waals surface area contributed by atoms with Gasteiger partial charge in [-0.1, -0.05) is 0 Å². The Balaban J connectivity index is 2.23. The molecule has 5 nitrogen and oxygen atoms in total. The van der Waals surface area contributed by atoms with E-state index in [2.05, 4.69) is 19.9 Å². The molecule has 0 aliphatic rings. The normalized spacial score (nSPS) is 10.8. The Bertz CT molecular complexity index is 610. The summed E-state index contributed by atoms with van der Waals surface area (Å²) in [5.41, 5.74) is 8.84. The summed E-state index contributed by atoms with van der Waals surface area (Å²) in [6.07, 6.45) is 5.12. The summed E-state index contributed by atoms with van der Waals surface area (Å²) in [5.74, 6) is 0.668. The summed E-state index contributed by atoms with van der Waals surface area (Å²) < 4.78 is 0. The molecular weight excluding hydrogens is 202 g/mol. The van der Waals surface area contributed by atoms with Crippen LogP contribution in [0, 0.1) is 0 Å². The Hall–Kier alpha value is -2.43. The highest BCUT2D eigenvalue weighted by Gasteiger charge is 2.08.